The van der Waals surface area contributed by atoms with E-state index in [0.29, 0.717) is 18.0 Å². The normalized spacial score (nSPS) is 15.3. The second kappa shape index (κ2) is 10.2. The molecule has 9 heteroatoms. The molecule has 1 aliphatic rings. The molecule has 3 heterocycles. The minimum absolute atomic E-state index is 0.104. The van der Waals surface area contributed by atoms with Gasteiger partial charge in [-0.2, -0.15) is 0 Å². The second-order valence-electron chi connectivity index (χ2n) is 8.15. The molecule has 0 N–H and O–H groups in total. The summed E-state index contributed by atoms with van der Waals surface area (Å²) in [5, 5.41) is 15.0. The topological polar surface area (TPSA) is 68.5 Å². The molecule has 0 amide bonds. The fourth-order valence-corrected chi connectivity index (χ4v) is 5.18. The number of benzene rings is 2. The van der Waals surface area contributed by atoms with Crippen molar-refractivity contribution in [2.24, 2.45) is 0 Å². The zero-order valence-electron chi connectivity index (χ0n) is 19.4. The van der Waals surface area contributed by atoms with Crippen molar-refractivity contribution >= 4 is 17.0 Å². The highest BCUT2D eigenvalue weighted by atomic mass is 32.1. The number of piperazine rings is 1. The Morgan fingerprint density at radius 2 is 1.71 bits per heavy atom. The molecule has 1 atom stereocenters. The van der Waals surface area contributed by atoms with Crippen LogP contribution in [0.5, 0.6) is 11.5 Å². The Morgan fingerprint density at radius 1 is 0.912 bits per heavy atom. The maximum atomic E-state index is 5.61. The van der Waals surface area contributed by atoms with E-state index < -0.39 is 0 Å². The van der Waals surface area contributed by atoms with E-state index >= 15 is 0 Å². The number of anilines is 1. The van der Waals surface area contributed by atoms with Crippen molar-refractivity contribution in [3.05, 3.63) is 82.3 Å². The Balaban J connectivity index is 1.47. The van der Waals surface area contributed by atoms with Crippen LogP contribution in [0.2, 0.25) is 0 Å². The monoisotopic (exact) mass is 476 g/mol. The van der Waals surface area contributed by atoms with Crippen molar-refractivity contribution < 1.29 is 9.47 Å². The molecule has 34 heavy (non-hydrogen) atoms. The minimum Gasteiger partial charge on any atom is -0.493 e. The lowest BCUT2D eigenvalue weighted by atomic mass is 10.0. The van der Waals surface area contributed by atoms with Gasteiger partial charge in [-0.15, -0.1) is 16.4 Å². The van der Waals surface area contributed by atoms with Gasteiger partial charge in [-0.3, -0.25) is 4.90 Å². The molecule has 5 rings (SSSR count). The van der Waals surface area contributed by atoms with Crippen LogP contribution in [0, 0.1) is 0 Å². The van der Waals surface area contributed by atoms with E-state index in [-0.39, 0.29) is 6.04 Å². The van der Waals surface area contributed by atoms with Crippen LogP contribution in [0.4, 0.5) is 5.69 Å². The molecule has 2 aromatic heterocycles. The average Bonchev–Trinajstić information content (AvgIpc) is 3.58. The number of rotatable bonds is 8. The molecule has 1 saturated heterocycles. The first kappa shape index (κ1) is 22.4. The summed E-state index contributed by atoms with van der Waals surface area (Å²) in [5.41, 5.74) is 2.33. The van der Waals surface area contributed by atoms with Crippen molar-refractivity contribution in [2.45, 2.75) is 12.6 Å². The SMILES string of the molecule is COc1ccc([C@@H](c2nnnn2Cc2cccs2)N2CCN(c3ccccc3)CC2)cc1OC. The number of para-hydroxylation sites is 1. The third-order valence-corrected chi connectivity index (χ3v) is 7.08. The number of nitrogens with zero attached hydrogens (tertiary/aromatic N) is 6. The molecule has 1 fully saturated rings. The van der Waals surface area contributed by atoms with Crippen LogP contribution in [0.25, 0.3) is 0 Å². The molecular formula is C25H28N6O2S. The van der Waals surface area contributed by atoms with Gasteiger partial charge < -0.3 is 14.4 Å². The van der Waals surface area contributed by atoms with E-state index in [2.05, 4.69) is 79.2 Å². The van der Waals surface area contributed by atoms with Crippen LogP contribution in [0.15, 0.2) is 66.0 Å². The molecule has 4 aromatic rings. The molecule has 176 valence electrons. The Labute approximate surface area is 203 Å². The maximum Gasteiger partial charge on any atom is 0.173 e. The van der Waals surface area contributed by atoms with Gasteiger partial charge in [0.15, 0.2) is 17.3 Å². The van der Waals surface area contributed by atoms with Gasteiger partial charge >= 0.3 is 0 Å². The van der Waals surface area contributed by atoms with Gasteiger partial charge in [-0.05, 0) is 51.7 Å². The summed E-state index contributed by atoms with van der Waals surface area (Å²) >= 11 is 1.71. The third kappa shape index (κ3) is 4.62. The van der Waals surface area contributed by atoms with Crippen LogP contribution < -0.4 is 14.4 Å². The zero-order chi connectivity index (χ0) is 23.3. The number of methoxy groups -OCH3 is 2. The largest absolute Gasteiger partial charge is 0.493 e. The second-order valence-corrected chi connectivity index (χ2v) is 9.18. The first-order chi connectivity index (χ1) is 16.8. The molecule has 0 bridgehead atoms. The van der Waals surface area contributed by atoms with E-state index in [0.717, 1.165) is 37.6 Å². The fraction of sp³-hybridized carbons (Fsp3) is 0.320. The standard InChI is InChI=1S/C25H28N6O2S/c1-32-22-11-10-19(17-23(22)33-2)24(25-26-27-28-31(25)18-21-9-6-16-34-21)30-14-12-29(13-15-30)20-7-4-3-5-8-20/h3-11,16-17,24H,12-15,18H2,1-2H3/t24-/m0/s1. The molecule has 1 aliphatic heterocycles. The number of hydrogen-bond donors (Lipinski definition) is 0. The third-order valence-electron chi connectivity index (χ3n) is 6.21. The number of hydrogen-bond acceptors (Lipinski definition) is 8. The Bertz CT molecular complexity index is 1190. The lowest BCUT2D eigenvalue weighted by Gasteiger charge is -2.40. The summed E-state index contributed by atoms with van der Waals surface area (Å²) in [6.45, 7) is 4.29. The van der Waals surface area contributed by atoms with Crippen LogP contribution in [0.3, 0.4) is 0 Å². The van der Waals surface area contributed by atoms with Gasteiger partial charge in [-0.25, -0.2) is 4.68 Å². The summed E-state index contributed by atoms with van der Waals surface area (Å²) in [5.74, 6) is 2.23. The molecule has 0 saturated carbocycles. The predicted octanol–water partition coefficient (Wildman–Crippen LogP) is 3.71. The lowest BCUT2D eigenvalue weighted by molar-refractivity contribution is 0.201. The van der Waals surface area contributed by atoms with Crippen molar-refractivity contribution in [3.63, 3.8) is 0 Å². The van der Waals surface area contributed by atoms with Crippen LogP contribution in [-0.4, -0.2) is 65.5 Å². The van der Waals surface area contributed by atoms with Gasteiger partial charge in [0.1, 0.15) is 0 Å². The van der Waals surface area contributed by atoms with Crippen LogP contribution >= 0.6 is 11.3 Å². The smallest absolute Gasteiger partial charge is 0.173 e. The molecule has 0 aliphatic carbocycles. The van der Waals surface area contributed by atoms with Gasteiger partial charge in [0, 0.05) is 36.7 Å². The molecule has 0 unspecified atom stereocenters. The summed E-state index contributed by atoms with van der Waals surface area (Å²) in [4.78, 5) is 6.10. The summed E-state index contributed by atoms with van der Waals surface area (Å²) in [6.07, 6.45) is 0. The first-order valence-electron chi connectivity index (χ1n) is 11.3. The number of ether oxygens (including phenoxy) is 2. The lowest BCUT2D eigenvalue weighted by Crippen LogP contribution is -2.48. The summed E-state index contributed by atoms with van der Waals surface area (Å²) in [7, 11) is 3.31. The van der Waals surface area contributed by atoms with Gasteiger partial charge in [0.2, 0.25) is 0 Å². The number of aromatic nitrogens is 4. The van der Waals surface area contributed by atoms with Crippen molar-refractivity contribution in [2.75, 3.05) is 45.3 Å². The van der Waals surface area contributed by atoms with Gasteiger partial charge in [0.25, 0.3) is 0 Å². The summed E-state index contributed by atoms with van der Waals surface area (Å²) < 4.78 is 13.0. The van der Waals surface area contributed by atoms with Crippen molar-refractivity contribution in [3.8, 4) is 11.5 Å². The quantitative estimate of drug-likeness (QED) is 0.384. The number of tetrazole rings is 1. The highest BCUT2D eigenvalue weighted by Crippen LogP contribution is 2.35. The van der Waals surface area contributed by atoms with E-state index in [9.17, 15) is 0 Å². The molecule has 0 spiro atoms. The highest BCUT2D eigenvalue weighted by molar-refractivity contribution is 7.09. The van der Waals surface area contributed by atoms with Gasteiger partial charge in [0.05, 0.1) is 26.8 Å². The first-order valence-corrected chi connectivity index (χ1v) is 12.2. The average molecular weight is 477 g/mol. The minimum atomic E-state index is -0.104. The van der Waals surface area contributed by atoms with E-state index in [1.165, 1.54) is 10.6 Å². The maximum absolute atomic E-state index is 5.61. The summed E-state index contributed by atoms with van der Waals surface area (Å²) in [6, 6.07) is 20.7. The molecular weight excluding hydrogens is 448 g/mol. The Kier molecular flexibility index (Phi) is 6.73. The fourth-order valence-electron chi connectivity index (χ4n) is 4.49. The van der Waals surface area contributed by atoms with E-state index in [1.54, 1.807) is 25.6 Å². The van der Waals surface area contributed by atoms with Crippen molar-refractivity contribution in [1.29, 1.82) is 0 Å². The molecule has 0 radical (unpaired) electrons. The van der Waals surface area contributed by atoms with Crippen molar-refractivity contribution in [1.82, 2.24) is 25.1 Å². The zero-order valence-corrected chi connectivity index (χ0v) is 20.2. The van der Waals surface area contributed by atoms with E-state index in [4.69, 9.17) is 9.47 Å². The van der Waals surface area contributed by atoms with Crippen LogP contribution in [0.1, 0.15) is 22.3 Å². The molecule has 2 aromatic carbocycles. The number of thiophene rings is 1. The predicted molar refractivity (Wildman–Crippen MR) is 133 cm³/mol. The molecule has 8 nitrogen and oxygen atoms in total. The van der Waals surface area contributed by atoms with E-state index in [1.807, 2.05) is 16.8 Å². The van der Waals surface area contributed by atoms with Crippen LogP contribution in [-0.2, 0) is 6.54 Å². The highest BCUT2D eigenvalue weighted by Gasteiger charge is 2.31. The Hall–Kier alpha value is -3.43. The Morgan fingerprint density at radius 3 is 2.41 bits per heavy atom. The van der Waals surface area contributed by atoms with Gasteiger partial charge in [-0.1, -0.05) is 30.3 Å².